The first kappa shape index (κ1) is 21.4. The number of ether oxygens (including phenoxy) is 1. The predicted octanol–water partition coefficient (Wildman–Crippen LogP) is 2.47. The van der Waals surface area contributed by atoms with E-state index < -0.39 is 6.04 Å². The molecule has 9 heteroatoms. The van der Waals surface area contributed by atoms with Crippen molar-refractivity contribution in [3.8, 4) is 17.0 Å². The van der Waals surface area contributed by atoms with Crippen LogP contribution in [0.5, 0.6) is 5.75 Å². The monoisotopic (exact) mass is 434 g/mol. The van der Waals surface area contributed by atoms with Crippen LogP contribution in [-0.2, 0) is 16.0 Å². The minimum atomic E-state index is -0.548. The standard InChI is InChI=1S/C20H23ClN4O3S/c1-12(26)25-17(3-6-29-2)20(27)24-10-15-8-13-7-14(21)9-16(19(13)28-15)18-11-22-4-5-23-18/h4-5,7,9,11,15,17H,3,6,8,10H2,1-2H3,(H,24,27)(H,25,26)/t15?,17-/m0/s1. The van der Waals surface area contributed by atoms with Crippen LogP contribution in [0.3, 0.4) is 0 Å². The fourth-order valence-corrected chi connectivity index (χ4v) is 3.94. The maximum atomic E-state index is 12.5. The van der Waals surface area contributed by atoms with Crippen molar-refractivity contribution >= 4 is 35.2 Å². The molecule has 2 N–H and O–H groups in total. The van der Waals surface area contributed by atoms with E-state index in [0.29, 0.717) is 30.1 Å². The molecule has 1 aromatic heterocycles. The summed E-state index contributed by atoms with van der Waals surface area (Å²) in [5.74, 6) is 1.07. The second-order valence-corrected chi connectivity index (χ2v) is 8.18. The molecule has 1 unspecified atom stereocenters. The number of rotatable bonds is 8. The number of aromatic nitrogens is 2. The van der Waals surface area contributed by atoms with Gasteiger partial charge in [0.25, 0.3) is 0 Å². The number of nitrogens with one attached hydrogen (secondary N) is 2. The molecule has 29 heavy (non-hydrogen) atoms. The number of halogens is 1. The van der Waals surface area contributed by atoms with Gasteiger partial charge in [0.2, 0.25) is 11.8 Å². The lowest BCUT2D eigenvalue weighted by atomic mass is 10.0. The first-order chi connectivity index (χ1) is 14.0. The molecule has 0 bridgehead atoms. The van der Waals surface area contributed by atoms with Crippen molar-refractivity contribution < 1.29 is 14.3 Å². The van der Waals surface area contributed by atoms with Crippen molar-refractivity contribution in [3.63, 3.8) is 0 Å². The highest BCUT2D eigenvalue weighted by molar-refractivity contribution is 7.98. The Labute approximate surface area is 179 Å². The molecule has 2 heterocycles. The zero-order chi connectivity index (χ0) is 20.8. The Hall–Kier alpha value is -2.32. The van der Waals surface area contributed by atoms with Crippen LogP contribution in [0.25, 0.3) is 11.3 Å². The number of hydrogen-bond donors (Lipinski definition) is 2. The van der Waals surface area contributed by atoms with Gasteiger partial charge in [0, 0.05) is 41.9 Å². The number of carbonyl (C=O) groups is 2. The van der Waals surface area contributed by atoms with Gasteiger partial charge in [0.1, 0.15) is 17.9 Å². The van der Waals surface area contributed by atoms with Crippen LogP contribution in [0.1, 0.15) is 18.9 Å². The third kappa shape index (κ3) is 5.61. The Balaban J connectivity index is 1.66. The van der Waals surface area contributed by atoms with Crippen LogP contribution in [0, 0.1) is 0 Å². The average Bonchev–Trinajstić information content (AvgIpc) is 3.11. The molecular formula is C20H23ClN4O3S. The van der Waals surface area contributed by atoms with Crippen molar-refractivity contribution in [3.05, 3.63) is 41.3 Å². The summed E-state index contributed by atoms with van der Waals surface area (Å²) in [5.41, 5.74) is 2.43. The van der Waals surface area contributed by atoms with E-state index in [1.165, 1.54) is 6.92 Å². The number of amides is 2. The highest BCUT2D eigenvalue weighted by Crippen LogP contribution is 2.40. The molecule has 0 spiro atoms. The molecule has 1 aromatic carbocycles. The summed E-state index contributed by atoms with van der Waals surface area (Å²) in [4.78, 5) is 32.4. The average molecular weight is 435 g/mol. The number of thioether (sulfide) groups is 1. The molecule has 3 rings (SSSR count). The van der Waals surface area contributed by atoms with Gasteiger partial charge in [-0.15, -0.1) is 0 Å². The first-order valence-electron chi connectivity index (χ1n) is 9.27. The van der Waals surface area contributed by atoms with Crippen LogP contribution in [0.15, 0.2) is 30.7 Å². The van der Waals surface area contributed by atoms with E-state index in [4.69, 9.17) is 16.3 Å². The van der Waals surface area contributed by atoms with Gasteiger partial charge in [0.05, 0.1) is 18.4 Å². The molecule has 2 aromatic rings. The van der Waals surface area contributed by atoms with Gasteiger partial charge < -0.3 is 15.4 Å². The van der Waals surface area contributed by atoms with Gasteiger partial charge in [-0.05, 0) is 30.6 Å². The second kappa shape index (κ2) is 9.93. The number of hydrogen-bond acceptors (Lipinski definition) is 6. The van der Waals surface area contributed by atoms with Gasteiger partial charge in [0.15, 0.2) is 0 Å². The van der Waals surface area contributed by atoms with Crippen molar-refractivity contribution in [1.82, 2.24) is 20.6 Å². The molecule has 0 radical (unpaired) electrons. The van der Waals surface area contributed by atoms with Gasteiger partial charge >= 0.3 is 0 Å². The van der Waals surface area contributed by atoms with E-state index in [1.54, 1.807) is 36.4 Å². The Morgan fingerprint density at radius 2 is 2.21 bits per heavy atom. The minimum Gasteiger partial charge on any atom is -0.487 e. The number of nitrogens with zero attached hydrogens (tertiary/aromatic N) is 2. The highest BCUT2D eigenvalue weighted by Gasteiger charge is 2.28. The van der Waals surface area contributed by atoms with E-state index in [2.05, 4.69) is 20.6 Å². The fraction of sp³-hybridized carbons (Fsp3) is 0.400. The largest absolute Gasteiger partial charge is 0.487 e. The molecular weight excluding hydrogens is 412 g/mol. The molecule has 2 atom stereocenters. The predicted molar refractivity (Wildman–Crippen MR) is 114 cm³/mol. The molecule has 154 valence electrons. The SMILES string of the molecule is CSCC[C@H](NC(C)=O)C(=O)NCC1Cc2cc(Cl)cc(-c3cnccn3)c2O1. The van der Waals surface area contributed by atoms with E-state index in [1.807, 2.05) is 12.3 Å². The third-order valence-corrected chi connectivity index (χ3v) is 5.37. The first-order valence-corrected chi connectivity index (χ1v) is 11.0. The van der Waals surface area contributed by atoms with Crippen LogP contribution < -0.4 is 15.4 Å². The quantitative estimate of drug-likeness (QED) is 0.663. The molecule has 0 fully saturated rings. The number of fused-ring (bicyclic) bond motifs is 1. The minimum absolute atomic E-state index is 0.207. The van der Waals surface area contributed by atoms with Crippen LogP contribution in [0.2, 0.25) is 5.02 Å². The Bertz CT molecular complexity index is 882. The molecule has 7 nitrogen and oxygen atoms in total. The van der Waals surface area contributed by atoms with Crippen LogP contribution >= 0.6 is 23.4 Å². The second-order valence-electron chi connectivity index (χ2n) is 6.76. The van der Waals surface area contributed by atoms with Gasteiger partial charge in [-0.3, -0.25) is 19.6 Å². The topological polar surface area (TPSA) is 93.2 Å². The summed E-state index contributed by atoms with van der Waals surface area (Å²) >= 11 is 7.91. The maximum Gasteiger partial charge on any atom is 0.242 e. The van der Waals surface area contributed by atoms with Gasteiger partial charge in [-0.1, -0.05) is 11.6 Å². The Morgan fingerprint density at radius 1 is 1.38 bits per heavy atom. The molecule has 0 saturated carbocycles. The molecule has 0 aliphatic carbocycles. The number of carbonyl (C=O) groups excluding carboxylic acids is 2. The highest BCUT2D eigenvalue weighted by atomic mass is 35.5. The lowest BCUT2D eigenvalue weighted by Gasteiger charge is -2.19. The zero-order valence-corrected chi connectivity index (χ0v) is 17.8. The number of benzene rings is 1. The van der Waals surface area contributed by atoms with Gasteiger partial charge in [-0.2, -0.15) is 11.8 Å². The molecule has 1 aliphatic heterocycles. The summed E-state index contributed by atoms with van der Waals surface area (Å²) in [6.07, 6.45) is 7.83. The lowest BCUT2D eigenvalue weighted by molar-refractivity contribution is -0.128. The smallest absolute Gasteiger partial charge is 0.242 e. The summed E-state index contributed by atoms with van der Waals surface area (Å²) in [7, 11) is 0. The van der Waals surface area contributed by atoms with E-state index >= 15 is 0 Å². The van der Waals surface area contributed by atoms with Crippen molar-refractivity contribution in [2.75, 3.05) is 18.6 Å². The molecule has 2 amide bonds. The molecule has 0 saturated heterocycles. The maximum absolute atomic E-state index is 12.5. The lowest BCUT2D eigenvalue weighted by Crippen LogP contribution is -2.48. The fourth-order valence-electron chi connectivity index (χ4n) is 3.22. The Kier molecular flexibility index (Phi) is 7.33. The van der Waals surface area contributed by atoms with Crippen molar-refractivity contribution in [1.29, 1.82) is 0 Å². The van der Waals surface area contributed by atoms with Crippen LogP contribution in [-0.4, -0.2) is 52.5 Å². The Morgan fingerprint density at radius 3 is 2.90 bits per heavy atom. The molecule has 1 aliphatic rings. The van der Waals surface area contributed by atoms with E-state index in [0.717, 1.165) is 22.6 Å². The van der Waals surface area contributed by atoms with Gasteiger partial charge in [-0.25, -0.2) is 0 Å². The van der Waals surface area contributed by atoms with Crippen molar-refractivity contribution in [2.24, 2.45) is 0 Å². The van der Waals surface area contributed by atoms with Crippen LogP contribution in [0.4, 0.5) is 0 Å². The van der Waals surface area contributed by atoms with E-state index in [-0.39, 0.29) is 17.9 Å². The van der Waals surface area contributed by atoms with E-state index in [9.17, 15) is 9.59 Å². The summed E-state index contributed by atoms with van der Waals surface area (Å²) in [6, 6.07) is 3.13. The zero-order valence-electron chi connectivity index (χ0n) is 16.3. The summed E-state index contributed by atoms with van der Waals surface area (Å²) in [5, 5.41) is 6.20. The summed E-state index contributed by atoms with van der Waals surface area (Å²) in [6.45, 7) is 1.74. The summed E-state index contributed by atoms with van der Waals surface area (Å²) < 4.78 is 6.11. The van der Waals surface area contributed by atoms with Crippen molar-refractivity contribution in [2.45, 2.75) is 31.9 Å². The third-order valence-electron chi connectivity index (χ3n) is 4.51. The normalized spacial score (nSPS) is 15.9.